The molecule has 1 N–H and O–H groups in total. The molecule has 0 aliphatic carbocycles. The minimum absolute atomic E-state index is 0.0120. The van der Waals surface area contributed by atoms with E-state index in [0.29, 0.717) is 0 Å². The molecule has 102 valence electrons. The molecule has 0 heterocycles. The molecule has 1 aromatic carbocycles. The van der Waals surface area contributed by atoms with E-state index in [0.717, 1.165) is 0 Å². The zero-order chi connectivity index (χ0) is 14.6. The Labute approximate surface area is 109 Å². The molecule has 0 radical (unpaired) electrons. The van der Waals surface area contributed by atoms with Crippen molar-refractivity contribution in [2.75, 3.05) is 12.4 Å². The summed E-state index contributed by atoms with van der Waals surface area (Å²) in [5.74, 6) is -0.907. The van der Waals surface area contributed by atoms with E-state index in [1.807, 2.05) is 0 Å². The average Bonchev–Trinajstić information content (AvgIpc) is 2.37. The number of rotatable bonds is 5. The molecule has 0 amide bonds. The van der Waals surface area contributed by atoms with E-state index in [9.17, 15) is 19.7 Å². The van der Waals surface area contributed by atoms with Crippen LogP contribution in [0.2, 0.25) is 0 Å². The molecule has 0 aromatic heterocycles. The number of nitrogens with zero attached hydrogens (tertiary/aromatic N) is 1. The fraction of sp³-hybridized carbons (Fsp3) is 0.333. The first-order chi connectivity index (χ1) is 8.88. The quantitative estimate of drug-likeness (QED) is 0.495. The maximum Gasteiger partial charge on any atom is 0.340 e. The lowest BCUT2D eigenvalue weighted by Gasteiger charge is -2.14. The number of esters is 1. The van der Waals surface area contributed by atoms with Gasteiger partial charge >= 0.3 is 5.97 Å². The molecule has 1 unspecified atom stereocenters. The molecule has 0 spiro atoms. The first-order valence-electron chi connectivity index (χ1n) is 5.51. The van der Waals surface area contributed by atoms with E-state index in [4.69, 9.17) is 0 Å². The topological polar surface area (TPSA) is 98.5 Å². The molecule has 7 heteroatoms. The fourth-order valence-electron chi connectivity index (χ4n) is 1.44. The summed E-state index contributed by atoms with van der Waals surface area (Å²) in [4.78, 5) is 33.2. The highest BCUT2D eigenvalue weighted by atomic mass is 16.6. The number of anilines is 1. The van der Waals surface area contributed by atoms with Crippen molar-refractivity contribution in [3.63, 3.8) is 0 Å². The van der Waals surface area contributed by atoms with Gasteiger partial charge in [-0.25, -0.2) is 4.79 Å². The van der Waals surface area contributed by atoms with Gasteiger partial charge in [-0.1, -0.05) is 6.07 Å². The van der Waals surface area contributed by atoms with Crippen LogP contribution in [0.4, 0.5) is 11.4 Å². The van der Waals surface area contributed by atoms with E-state index < -0.39 is 16.9 Å². The Morgan fingerprint density at radius 1 is 1.42 bits per heavy atom. The fourth-order valence-corrected chi connectivity index (χ4v) is 1.44. The number of nitro groups is 1. The van der Waals surface area contributed by atoms with E-state index in [-0.39, 0.29) is 22.7 Å². The predicted molar refractivity (Wildman–Crippen MR) is 68.2 cm³/mol. The Kier molecular flexibility index (Phi) is 4.57. The number of hydrogen-bond donors (Lipinski definition) is 1. The first kappa shape index (κ1) is 14.6. The molecule has 1 rings (SSSR count). The van der Waals surface area contributed by atoms with Crippen LogP contribution in [0.15, 0.2) is 18.2 Å². The molecule has 0 saturated heterocycles. The van der Waals surface area contributed by atoms with Gasteiger partial charge in [0, 0.05) is 6.07 Å². The summed E-state index contributed by atoms with van der Waals surface area (Å²) in [6.07, 6.45) is 0. The predicted octanol–water partition coefficient (Wildman–Crippen LogP) is 1.77. The Morgan fingerprint density at radius 2 is 2.05 bits per heavy atom. The second kappa shape index (κ2) is 5.94. The van der Waals surface area contributed by atoms with Gasteiger partial charge in [0.25, 0.3) is 5.69 Å². The van der Waals surface area contributed by atoms with Crippen LogP contribution in [0, 0.1) is 10.1 Å². The summed E-state index contributed by atoms with van der Waals surface area (Å²) in [5, 5.41) is 13.6. The minimum Gasteiger partial charge on any atom is -0.465 e. The van der Waals surface area contributed by atoms with Crippen LogP contribution in [0.3, 0.4) is 0 Å². The molecule has 0 saturated carbocycles. The number of nitro benzene ring substituents is 1. The summed E-state index contributed by atoms with van der Waals surface area (Å²) in [7, 11) is 1.18. The van der Waals surface area contributed by atoms with Crippen LogP contribution in [-0.2, 0) is 9.53 Å². The standard InChI is InChI=1S/C12H14N2O5/c1-7(8(2)15)13-11-9(12(16)19-3)5-4-6-10(11)14(17)18/h4-7,13H,1-3H3. The van der Waals surface area contributed by atoms with Crippen molar-refractivity contribution in [2.24, 2.45) is 0 Å². The van der Waals surface area contributed by atoms with Crippen LogP contribution >= 0.6 is 0 Å². The number of benzene rings is 1. The van der Waals surface area contributed by atoms with Crippen LogP contribution in [-0.4, -0.2) is 29.8 Å². The van der Waals surface area contributed by atoms with Crippen molar-refractivity contribution >= 4 is 23.1 Å². The Hall–Kier alpha value is -2.44. The SMILES string of the molecule is COC(=O)c1cccc([N+](=O)[O-])c1NC(C)C(C)=O. The van der Waals surface area contributed by atoms with Crippen LogP contribution < -0.4 is 5.32 Å². The lowest BCUT2D eigenvalue weighted by molar-refractivity contribution is -0.384. The van der Waals surface area contributed by atoms with Crippen LogP contribution in [0.1, 0.15) is 24.2 Å². The second-order valence-corrected chi connectivity index (χ2v) is 3.93. The normalized spacial score (nSPS) is 11.5. The van der Waals surface area contributed by atoms with Gasteiger partial charge in [0.15, 0.2) is 5.78 Å². The largest absolute Gasteiger partial charge is 0.465 e. The van der Waals surface area contributed by atoms with Crippen molar-refractivity contribution in [3.05, 3.63) is 33.9 Å². The highest BCUT2D eigenvalue weighted by molar-refractivity contribution is 5.99. The zero-order valence-corrected chi connectivity index (χ0v) is 10.8. The average molecular weight is 266 g/mol. The third kappa shape index (κ3) is 3.27. The maximum absolute atomic E-state index is 11.6. The van der Waals surface area contributed by atoms with Gasteiger partial charge in [-0.2, -0.15) is 0 Å². The summed E-state index contributed by atoms with van der Waals surface area (Å²) in [6.45, 7) is 2.91. The molecular formula is C12H14N2O5. The lowest BCUT2D eigenvalue weighted by atomic mass is 10.1. The number of ketones is 1. The number of hydrogen-bond acceptors (Lipinski definition) is 6. The second-order valence-electron chi connectivity index (χ2n) is 3.93. The van der Waals surface area contributed by atoms with Gasteiger partial charge in [-0.3, -0.25) is 14.9 Å². The number of Topliss-reactive ketones (excluding diaryl/α,β-unsaturated/α-hetero) is 1. The minimum atomic E-state index is -0.707. The molecule has 1 atom stereocenters. The highest BCUT2D eigenvalue weighted by Gasteiger charge is 2.24. The van der Waals surface area contributed by atoms with Gasteiger partial charge in [-0.05, 0) is 19.9 Å². The highest BCUT2D eigenvalue weighted by Crippen LogP contribution is 2.29. The number of methoxy groups -OCH3 is 1. The summed E-state index contributed by atoms with van der Waals surface area (Å²) in [5.41, 5.74) is -0.275. The zero-order valence-electron chi connectivity index (χ0n) is 10.8. The number of para-hydroxylation sites is 1. The molecular weight excluding hydrogens is 252 g/mol. The van der Waals surface area contributed by atoms with Crippen molar-refractivity contribution in [3.8, 4) is 0 Å². The van der Waals surface area contributed by atoms with Crippen LogP contribution in [0.5, 0.6) is 0 Å². The van der Waals surface area contributed by atoms with Gasteiger partial charge in [0.2, 0.25) is 0 Å². The molecule has 0 bridgehead atoms. The van der Waals surface area contributed by atoms with Gasteiger partial charge in [-0.15, -0.1) is 0 Å². The van der Waals surface area contributed by atoms with E-state index in [1.54, 1.807) is 6.92 Å². The van der Waals surface area contributed by atoms with Gasteiger partial charge in [0.05, 0.1) is 23.6 Å². The Bertz CT molecular complexity index is 527. The molecule has 1 aromatic rings. The number of nitrogens with one attached hydrogen (secondary N) is 1. The van der Waals surface area contributed by atoms with Crippen molar-refractivity contribution < 1.29 is 19.2 Å². The smallest absolute Gasteiger partial charge is 0.340 e. The first-order valence-corrected chi connectivity index (χ1v) is 5.51. The summed E-state index contributed by atoms with van der Waals surface area (Å²) in [6, 6.07) is 3.38. The van der Waals surface area contributed by atoms with E-state index in [1.165, 1.54) is 32.2 Å². The molecule has 0 aliphatic rings. The Balaban J connectivity index is 3.33. The van der Waals surface area contributed by atoms with Gasteiger partial charge < -0.3 is 10.1 Å². The third-order valence-electron chi connectivity index (χ3n) is 2.62. The lowest BCUT2D eigenvalue weighted by Crippen LogP contribution is -2.25. The molecule has 0 fully saturated rings. The van der Waals surface area contributed by atoms with Crippen molar-refractivity contribution in [1.29, 1.82) is 0 Å². The number of carbonyl (C=O) groups is 2. The summed E-state index contributed by atoms with van der Waals surface area (Å²) >= 11 is 0. The Morgan fingerprint density at radius 3 is 2.53 bits per heavy atom. The van der Waals surface area contributed by atoms with Crippen molar-refractivity contribution in [1.82, 2.24) is 0 Å². The monoisotopic (exact) mass is 266 g/mol. The van der Waals surface area contributed by atoms with Crippen molar-refractivity contribution in [2.45, 2.75) is 19.9 Å². The maximum atomic E-state index is 11.6. The van der Waals surface area contributed by atoms with E-state index >= 15 is 0 Å². The number of ether oxygens (including phenoxy) is 1. The molecule has 7 nitrogen and oxygen atoms in total. The van der Waals surface area contributed by atoms with Crippen LogP contribution in [0.25, 0.3) is 0 Å². The number of carbonyl (C=O) groups excluding carboxylic acids is 2. The van der Waals surface area contributed by atoms with Gasteiger partial charge in [0.1, 0.15) is 5.69 Å². The third-order valence-corrected chi connectivity index (χ3v) is 2.62. The van der Waals surface area contributed by atoms with E-state index in [2.05, 4.69) is 10.1 Å². The molecule has 0 aliphatic heterocycles. The molecule has 19 heavy (non-hydrogen) atoms. The summed E-state index contributed by atoms with van der Waals surface area (Å²) < 4.78 is 4.57.